The van der Waals surface area contributed by atoms with Crippen molar-refractivity contribution in [3.63, 3.8) is 0 Å². The zero-order chi connectivity index (χ0) is 16.2. The molecular weight excluding hydrogens is 337 g/mol. The van der Waals surface area contributed by atoms with E-state index in [2.05, 4.69) is 10.0 Å². The van der Waals surface area contributed by atoms with E-state index in [1.54, 1.807) is 0 Å². The number of hydrogen-bond donors (Lipinski definition) is 3. The fraction of sp³-hybridized carbons (Fsp3) is 0.417. The zero-order valence-corrected chi connectivity index (χ0v) is 13.9. The second-order valence-electron chi connectivity index (χ2n) is 4.68. The Morgan fingerprint density at radius 3 is 2.29 bits per heavy atom. The maximum Gasteiger partial charge on any atom is 0.243 e. The molecule has 0 aliphatic rings. The number of amides is 1. The molecule has 9 heteroatoms. The molecule has 0 aliphatic carbocycles. The molecule has 4 N–H and O–H groups in total. The molecule has 0 saturated heterocycles. The van der Waals surface area contributed by atoms with E-state index in [-0.39, 0.29) is 45.5 Å². The zero-order valence-electron chi connectivity index (χ0n) is 11.6. The second kappa shape index (κ2) is 7.31. The van der Waals surface area contributed by atoms with E-state index in [1.807, 2.05) is 13.8 Å². The summed E-state index contributed by atoms with van der Waals surface area (Å²) >= 11 is 11.7. The molecule has 0 radical (unpaired) electrons. The van der Waals surface area contributed by atoms with Gasteiger partial charge in [-0.25, -0.2) is 13.1 Å². The minimum absolute atomic E-state index is 0.00454. The highest BCUT2D eigenvalue weighted by atomic mass is 35.5. The summed E-state index contributed by atoms with van der Waals surface area (Å²) in [6, 6.07) is 2.59. The van der Waals surface area contributed by atoms with Crippen LogP contribution in [0.5, 0.6) is 0 Å². The average molecular weight is 354 g/mol. The highest BCUT2D eigenvalue weighted by Gasteiger charge is 2.22. The van der Waals surface area contributed by atoms with Crippen molar-refractivity contribution < 1.29 is 13.2 Å². The monoisotopic (exact) mass is 353 g/mol. The highest BCUT2D eigenvalue weighted by molar-refractivity contribution is 7.89. The second-order valence-corrected chi connectivity index (χ2v) is 7.20. The number of nitrogens with one attached hydrogen (secondary N) is 2. The summed E-state index contributed by atoms with van der Waals surface area (Å²) < 4.78 is 26.6. The fourth-order valence-corrected chi connectivity index (χ4v) is 3.86. The van der Waals surface area contributed by atoms with Crippen molar-refractivity contribution in [3.05, 3.63) is 22.2 Å². The van der Waals surface area contributed by atoms with E-state index in [0.29, 0.717) is 0 Å². The fourth-order valence-electron chi connectivity index (χ4n) is 1.60. The number of carbonyl (C=O) groups is 1. The lowest BCUT2D eigenvalue weighted by molar-refractivity contribution is -0.121. The first-order valence-corrected chi connectivity index (χ1v) is 8.41. The van der Waals surface area contributed by atoms with Gasteiger partial charge in [0, 0.05) is 24.7 Å². The summed E-state index contributed by atoms with van der Waals surface area (Å²) in [6.45, 7) is 3.57. The molecular formula is C12H17Cl2N3O3S. The van der Waals surface area contributed by atoms with Gasteiger partial charge in [-0.3, -0.25) is 4.79 Å². The minimum Gasteiger partial charge on any atom is -0.399 e. The van der Waals surface area contributed by atoms with Crippen LogP contribution in [0.2, 0.25) is 10.0 Å². The van der Waals surface area contributed by atoms with Crippen LogP contribution in [0, 0.1) is 0 Å². The van der Waals surface area contributed by atoms with E-state index in [0.717, 1.165) is 0 Å². The van der Waals surface area contributed by atoms with Crippen LogP contribution in [-0.2, 0) is 14.8 Å². The molecule has 0 atom stereocenters. The standard InChI is InChI=1S/C12H17Cl2N3O3S/c1-7(2)17-11(18)3-4-16-21(19,20)12-9(13)5-8(15)6-10(12)14/h5-7,16H,3-4,15H2,1-2H3,(H,17,18). The Labute approximate surface area is 134 Å². The molecule has 1 rings (SSSR count). The van der Waals surface area contributed by atoms with Crippen LogP contribution in [0.1, 0.15) is 20.3 Å². The van der Waals surface area contributed by atoms with Crippen LogP contribution in [0.4, 0.5) is 5.69 Å². The molecule has 0 unspecified atom stereocenters. The molecule has 0 spiro atoms. The van der Waals surface area contributed by atoms with E-state index in [4.69, 9.17) is 28.9 Å². The van der Waals surface area contributed by atoms with Crippen molar-refractivity contribution >= 4 is 44.8 Å². The van der Waals surface area contributed by atoms with E-state index >= 15 is 0 Å². The van der Waals surface area contributed by atoms with Gasteiger partial charge in [-0.1, -0.05) is 23.2 Å². The lowest BCUT2D eigenvalue weighted by Gasteiger charge is -2.11. The number of carbonyl (C=O) groups excluding carboxylic acids is 1. The molecule has 1 aromatic carbocycles. The maximum atomic E-state index is 12.1. The van der Waals surface area contributed by atoms with Crippen molar-refractivity contribution in [1.29, 1.82) is 0 Å². The molecule has 21 heavy (non-hydrogen) atoms. The Hall–Kier alpha value is -1.02. The molecule has 6 nitrogen and oxygen atoms in total. The average Bonchev–Trinajstić information content (AvgIpc) is 2.24. The predicted octanol–water partition coefficient (Wildman–Crippen LogP) is 1.77. The molecule has 118 valence electrons. The molecule has 0 heterocycles. The smallest absolute Gasteiger partial charge is 0.243 e. The number of nitrogens with two attached hydrogens (primary N) is 1. The number of hydrogen-bond acceptors (Lipinski definition) is 4. The van der Waals surface area contributed by atoms with Crippen molar-refractivity contribution in [3.8, 4) is 0 Å². The van der Waals surface area contributed by atoms with Crippen LogP contribution < -0.4 is 15.8 Å². The number of nitrogen functional groups attached to an aromatic ring is 1. The van der Waals surface area contributed by atoms with Gasteiger partial charge < -0.3 is 11.1 Å². The van der Waals surface area contributed by atoms with Crippen molar-refractivity contribution in [2.75, 3.05) is 12.3 Å². The van der Waals surface area contributed by atoms with E-state index in [9.17, 15) is 13.2 Å². The molecule has 0 aliphatic heterocycles. The van der Waals surface area contributed by atoms with Crippen LogP contribution in [-0.4, -0.2) is 26.9 Å². The molecule has 1 amide bonds. The van der Waals surface area contributed by atoms with Crippen molar-refractivity contribution in [2.24, 2.45) is 0 Å². The Morgan fingerprint density at radius 2 is 1.81 bits per heavy atom. The summed E-state index contributed by atoms with van der Waals surface area (Å²) in [7, 11) is -3.91. The third-order valence-corrected chi connectivity index (χ3v) is 4.76. The Kier molecular flexibility index (Phi) is 6.27. The summed E-state index contributed by atoms with van der Waals surface area (Å²) in [4.78, 5) is 11.2. The van der Waals surface area contributed by atoms with Crippen LogP contribution in [0.15, 0.2) is 17.0 Å². The molecule has 0 aromatic heterocycles. The predicted molar refractivity (Wildman–Crippen MR) is 84.0 cm³/mol. The first kappa shape index (κ1) is 18.0. The molecule has 0 fully saturated rings. The summed E-state index contributed by atoms with van der Waals surface area (Å²) in [5, 5.41) is 2.52. The van der Waals surface area contributed by atoms with Gasteiger partial charge >= 0.3 is 0 Å². The maximum absolute atomic E-state index is 12.1. The van der Waals surface area contributed by atoms with Gasteiger partial charge in [-0.05, 0) is 26.0 Å². The van der Waals surface area contributed by atoms with Crippen molar-refractivity contribution in [2.45, 2.75) is 31.2 Å². The van der Waals surface area contributed by atoms with Crippen LogP contribution >= 0.6 is 23.2 Å². The molecule has 0 saturated carbocycles. The first-order valence-electron chi connectivity index (χ1n) is 6.17. The number of anilines is 1. The Bertz CT molecular complexity index is 610. The number of sulfonamides is 1. The van der Waals surface area contributed by atoms with Gasteiger partial charge in [0.25, 0.3) is 0 Å². The van der Waals surface area contributed by atoms with Gasteiger partial charge in [0.1, 0.15) is 4.90 Å². The Morgan fingerprint density at radius 1 is 1.29 bits per heavy atom. The SMILES string of the molecule is CC(C)NC(=O)CCNS(=O)(=O)c1c(Cl)cc(N)cc1Cl. The van der Waals surface area contributed by atoms with Crippen molar-refractivity contribution in [1.82, 2.24) is 10.0 Å². The third kappa shape index (κ3) is 5.35. The van der Waals surface area contributed by atoms with E-state index < -0.39 is 10.0 Å². The largest absolute Gasteiger partial charge is 0.399 e. The summed E-state index contributed by atoms with van der Waals surface area (Å²) in [6.07, 6.45) is 0.0155. The number of halogens is 2. The van der Waals surface area contributed by atoms with Gasteiger partial charge in [0.05, 0.1) is 10.0 Å². The summed E-state index contributed by atoms with van der Waals surface area (Å²) in [5.74, 6) is -0.248. The third-order valence-electron chi connectivity index (χ3n) is 2.38. The van der Waals surface area contributed by atoms with Crippen LogP contribution in [0.25, 0.3) is 0 Å². The first-order chi connectivity index (χ1) is 9.63. The quantitative estimate of drug-likeness (QED) is 0.678. The Balaban J connectivity index is 2.77. The normalized spacial score (nSPS) is 11.7. The number of rotatable bonds is 6. The van der Waals surface area contributed by atoms with E-state index in [1.165, 1.54) is 12.1 Å². The van der Waals surface area contributed by atoms with Crippen LogP contribution in [0.3, 0.4) is 0 Å². The topological polar surface area (TPSA) is 101 Å². The van der Waals surface area contributed by atoms with Gasteiger partial charge in [0.2, 0.25) is 15.9 Å². The van der Waals surface area contributed by atoms with Gasteiger partial charge in [-0.15, -0.1) is 0 Å². The highest BCUT2D eigenvalue weighted by Crippen LogP contribution is 2.31. The molecule has 1 aromatic rings. The van der Waals surface area contributed by atoms with Gasteiger partial charge in [0.15, 0.2) is 0 Å². The lowest BCUT2D eigenvalue weighted by Crippen LogP contribution is -2.34. The summed E-state index contributed by atoms with van der Waals surface area (Å²) in [5.41, 5.74) is 5.78. The van der Waals surface area contributed by atoms with Gasteiger partial charge in [-0.2, -0.15) is 0 Å². The minimum atomic E-state index is -3.91. The number of benzene rings is 1. The molecule has 0 bridgehead atoms. The lowest BCUT2D eigenvalue weighted by atomic mass is 10.3.